The zero-order valence-electron chi connectivity index (χ0n) is 20.5. The molecule has 1 atom stereocenters. The summed E-state index contributed by atoms with van der Waals surface area (Å²) >= 11 is 12.4. The highest BCUT2D eigenvalue weighted by Crippen LogP contribution is 2.36. The maximum Gasteiger partial charge on any atom is 0.166 e. The van der Waals surface area contributed by atoms with E-state index in [1.54, 1.807) is 25.4 Å². The minimum atomic E-state index is -0.662. The van der Waals surface area contributed by atoms with Crippen LogP contribution >= 0.6 is 23.2 Å². The van der Waals surface area contributed by atoms with Crippen LogP contribution in [-0.2, 0) is 0 Å². The molecule has 0 bridgehead atoms. The van der Waals surface area contributed by atoms with Gasteiger partial charge in [0.2, 0.25) is 0 Å². The third kappa shape index (κ3) is 7.32. The van der Waals surface area contributed by atoms with E-state index in [9.17, 15) is 4.39 Å². The number of likely N-dealkylation sites (tertiary alicyclic amines) is 1. The average molecular weight is 522 g/mol. The van der Waals surface area contributed by atoms with Crippen molar-refractivity contribution in [3.8, 4) is 5.75 Å². The molecular weight excluding hydrogens is 488 g/mol. The minimum absolute atomic E-state index is 0.0855. The monoisotopic (exact) mass is 521 g/mol. The number of hydrogen-bond donors (Lipinski definition) is 2. The molecule has 1 aliphatic rings. The SMILES string of the molecule is CC(C)CCN1CCC(N=CC(=CN)c2cnc(N)c(OC(C)c3c(Cl)ccc(F)c3Cl)c2)CC1. The lowest BCUT2D eigenvalue weighted by Crippen LogP contribution is -2.36. The molecule has 1 aromatic heterocycles. The van der Waals surface area contributed by atoms with Crippen molar-refractivity contribution in [2.75, 3.05) is 25.4 Å². The van der Waals surface area contributed by atoms with Crippen LogP contribution in [0.5, 0.6) is 5.75 Å². The lowest BCUT2D eigenvalue weighted by molar-refractivity contribution is 0.204. The molecule has 0 aliphatic carbocycles. The summed E-state index contributed by atoms with van der Waals surface area (Å²) < 4.78 is 19.9. The fraction of sp³-hybridized carbons (Fsp3) is 0.462. The first kappa shape index (κ1) is 27.2. The van der Waals surface area contributed by atoms with Crippen LogP contribution in [0.4, 0.5) is 10.2 Å². The number of aliphatic imine (C=N–C) groups is 1. The van der Waals surface area contributed by atoms with E-state index in [2.05, 4.69) is 23.7 Å². The molecule has 4 N–H and O–H groups in total. The Kier molecular flexibility index (Phi) is 9.78. The minimum Gasteiger partial charge on any atom is -0.482 e. The Morgan fingerprint density at radius 1 is 1.29 bits per heavy atom. The van der Waals surface area contributed by atoms with Crippen LogP contribution in [0.15, 0.2) is 35.6 Å². The van der Waals surface area contributed by atoms with Gasteiger partial charge in [-0.15, -0.1) is 0 Å². The summed E-state index contributed by atoms with van der Waals surface area (Å²) in [5, 5.41) is 0.217. The molecule has 0 radical (unpaired) electrons. The van der Waals surface area contributed by atoms with Gasteiger partial charge in [0, 0.05) is 53.4 Å². The standard InChI is InChI=1S/C26H34Cl2FN5O/c1-16(2)6-9-34-10-7-20(8-11-34)32-15-19(13-30)18-12-23(26(31)33-14-18)35-17(3)24-21(27)4-5-22(29)25(24)28/h4-5,12-17,20H,6-11,30H2,1-3H3,(H2,31,33). The Morgan fingerprint density at radius 3 is 2.66 bits per heavy atom. The molecule has 1 fully saturated rings. The number of nitrogens with two attached hydrogens (primary N) is 2. The molecule has 3 rings (SSSR count). The summed E-state index contributed by atoms with van der Waals surface area (Å²) in [6, 6.07) is 4.65. The molecule has 1 unspecified atom stereocenters. The first-order valence-electron chi connectivity index (χ1n) is 11.9. The van der Waals surface area contributed by atoms with Crippen molar-refractivity contribution in [3.63, 3.8) is 0 Å². The van der Waals surface area contributed by atoms with Crippen LogP contribution in [0.25, 0.3) is 5.57 Å². The Hall–Kier alpha value is -2.35. The van der Waals surface area contributed by atoms with E-state index in [4.69, 9.17) is 44.4 Å². The molecular formula is C26H34Cl2FN5O. The van der Waals surface area contributed by atoms with Gasteiger partial charge < -0.3 is 21.1 Å². The molecule has 6 nitrogen and oxygen atoms in total. The fourth-order valence-corrected chi connectivity index (χ4v) is 4.68. The van der Waals surface area contributed by atoms with E-state index in [-0.39, 0.29) is 16.9 Å². The number of aromatic nitrogens is 1. The molecule has 35 heavy (non-hydrogen) atoms. The molecule has 9 heteroatoms. The molecule has 0 amide bonds. The zero-order chi connectivity index (χ0) is 25.5. The summed E-state index contributed by atoms with van der Waals surface area (Å²) in [7, 11) is 0. The first-order valence-corrected chi connectivity index (χ1v) is 12.7. The third-order valence-electron chi connectivity index (χ3n) is 6.19. The Bertz CT molecular complexity index is 1070. The Labute approximate surface area is 217 Å². The number of allylic oxidation sites excluding steroid dienone is 1. The summed E-state index contributed by atoms with van der Waals surface area (Å²) in [6.07, 6.45) is 7.50. The summed E-state index contributed by atoms with van der Waals surface area (Å²) in [6.45, 7) is 9.49. The van der Waals surface area contributed by atoms with Crippen LogP contribution in [0.1, 0.15) is 57.3 Å². The Balaban J connectivity index is 1.69. The highest BCUT2D eigenvalue weighted by Gasteiger charge is 2.21. The van der Waals surface area contributed by atoms with Gasteiger partial charge in [0.25, 0.3) is 0 Å². The summed E-state index contributed by atoms with van der Waals surface area (Å²) in [5.74, 6) is 0.650. The molecule has 1 aliphatic heterocycles. The van der Waals surface area contributed by atoms with Gasteiger partial charge in [-0.05, 0) is 56.8 Å². The Morgan fingerprint density at radius 2 is 2.00 bits per heavy atom. The predicted octanol–water partition coefficient (Wildman–Crippen LogP) is 6.13. The molecule has 0 saturated carbocycles. The second-order valence-electron chi connectivity index (χ2n) is 9.28. The molecule has 2 heterocycles. The lowest BCUT2D eigenvalue weighted by atomic mass is 10.0. The van der Waals surface area contributed by atoms with Gasteiger partial charge in [0.15, 0.2) is 11.6 Å². The number of halogens is 3. The normalized spacial score (nSPS) is 16.8. The van der Waals surface area contributed by atoms with Crippen LogP contribution in [-0.4, -0.2) is 41.8 Å². The predicted molar refractivity (Wildman–Crippen MR) is 144 cm³/mol. The second kappa shape index (κ2) is 12.6. The van der Waals surface area contributed by atoms with Crippen molar-refractivity contribution >= 4 is 40.8 Å². The summed E-state index contributed by atoms with van der Waals surface area (Å²) in [4.78, 5) is 11.5. The highest BCUT2D eigenvalue weighted by atomic mass is 35.5. The van der Waals surface area contributed by atoms with E-state index >= 15 is 0 Å². The van der Waals surface area contributed by atoms with Gasteiger partial charge in [-0.1, -0.05) is 37.0 Å². The van der Waals surface area contributed by atoms with Gasteiger partial charge in [-0.25, -0.2) is 9.37 Å². The van der Waals surface area contributed by atoms with Crippen molar-refractivity contribution in [2.45, 2.75) is 52.2 Å². The average Bonchev–Trinajstić information content (AvgIpc) is 2.83. The number of nitrogens with zero attached hydrogens (tertiary/aromatic N) is 3. The topological polar surface area (TPSA) is 89.8 Å². The molecule has 190 valence electrons. The molecule has 0 spiro atoms. The van der Waals surface area contributed by atoms with Gasteiger partial charge in [-0.2, -0.15) is 0 Å². The third-order valence-corrected chi connectivity index (χ3v) is 6.90. The maximum atomic E-state index is 14.0. The number of pyridine rings is 1. The lowest BCUT2D eigenvalue weighted by Gasteiger charge is -2.30. The van der Waals surface area contributed by atoms with Crippen molar-refractivity contribution in [2.24, 2.45) is 16.6 Å². The first-order chi connectivity index (χ1) is 16.7. The van der Waals surface area contributed by atoms with Crippen LogP contribution in [0.3, 0.4) is 0 Å². The van der Waals surface area contributed by atoms with Crippen molar-refractivity contribution < 1.29 is 9.13 Å². The van der Waals surface area contributed by atoms with Crippen LogP contribution < -0.4 is 16.2 Å². The van der Waals surface area contributed by atoms with Gasteiger partial charge in [-0.3, -0.25) is 4.99 Å². The number of benzene rings is 1. The van der Waals surface area contributed by atoms with E-state index in [0.29, 0.717) is 27.5 Å². The number of hydrogen-bond acceptors (Lipinski definition) is 6. The van der Waals surface area contributed by atoms with Crippen LogP contribution in [0.2, 0.25) is 10.0 Å². The number of ether oxygens (including phenoxy) is 1. The van der Waals surface area contributed by atoms with E-state index in [1.165, 1.54) is 24.8 Å². The number of anilines is 1. The molecule has 2 aromatic rings. The molecule has 1 aromatic carbocycles. The van der Waals surface area contributed by atoms with Gasteiger partial charge in [0.1, 0.15) is 11.9 Å². The van der Waals surface area contributed by atoms with Crippen LogP contribution in [0, 0.1) is 11.7 Å². The van der Waals surface area contributed by atoms with Crippen molar-refractivity contribution in [1.29, 1.82) is 0 Å². The fourth-order valence-electron chi connectivity index (χ4n) is 4.00. The quantitative estimate of drug-likeness (QED) is 0.306. The summed E-state index contributed by atoms with van der Waals surface area (Å²) in [5.41, 5.74) is 13.7. The number of nitrogen functional groups attached to an aromatic ring is 1. The van der Waals surface area contributed by atoms with E-state index < -0.39 is 11.9 Å². The van der Waals surface area contributed by atoms with Gasteiger partial charge >= 0.3 is 0 Å². The van der Waals surface area contributed by atoms with Crippen molar-refractivity contribution in [3.05, 3.63) is 57.6 Å². The number of rotatable bonds is 9. The smallest absolute Gasteiger partial charge is 0.166 e. The maximum absolute atomic E-state index is 14.0. The van der Waals surface area contributed by atoms with Gasteiger partial charge in [0.05, 0.1) is 11.1 Å². The van der Waals surface area contributed by atoms with E-state index in [1.807, 2.05) is 0 Å². The highest BCUT2D eigenvalue weighted by molar-refractivity contribution is 6.36. The largest absolute Gasteiger partial charge is 0.482 e. The zero-order valence-corrected chi connectivity index (χ0v) is 22.0. The van der Waals surface area contributed by atoms with E-state index in [0.717, 1.165) is 38.4 Å². The molecule has 1 saturated heterocycles. The second-order valence-corrected chi connectivity index (χ2v) is 10.1. The number of piperidine rings is 1. The van der Waals surface area contributed by atoms with Crippen molar-refractivity contribution in [1.82, 2.24) is 9.88 Å².